The third-order valence-electron chi connectivity index (χ3n) is 1.47. The number of rotatable bonds is 2. The minimum Gasteiger partial charge on any atom is -0.379 e. The smallest absolute Gasteiger partial charge is 0.301 e. The lowest BCUT2D eigenvalue weighted by atomic mass is 10.4. The van der Waals surface area contributed by atoms with Crippen molar-refractivity contribution >= 4 is 29.1 Å². The zero-order valence-corrected chi connectivity index (χ0v) is 8.22. The molecule has 1 N–H and O–H groups in total. The predicted octanol–water partition coefficient (Wildman–Crippen LogP) is 1.95. The van der Waals surface area contributed by atoms with E-state index in [9.17, 15) is 13.6 Å². The van der Waals surface area contributed by atoms with Gasteiger partial charge in [-0.05, 0) is 6.42 Å². The number of carbonyl (C=O) groups is 1. The van der Waals surface area contributed by atoms with E-state index in [0.717, 1.165) is 12.2 Å². The monoisotopic (exact) mass is 227 g/mol. The summed E-state index contributed by atoms with van der Waals surface area (Å²) in [5, 5.41) is 2.81. The summed E-state index contributed by atoms with van der Waals surface area (Å²) < 4.78 is 23.9. The first-order valence-electron chi connectivity index (χ1n) is 3.71. The number of nitrogens with one attached hydrogen (secondary N) is 1. The Morgan fingerprint density at radius 3 is 2.77 bits per heavy atom. The summed E-state index contributed by atoms with van der Waals surface area (Å²) in [5.41, 5.74) is 0. The van der Waals surface area contributed by atoms with Gasteiger partial charge in [-0.2, -0.15) is 0 Å². The standard InChI is InChI=1S/C7H8ClF2NOS/c8-4(5(12)6(9)10)7-11-2-1-3-13-7/h6,11H,1-3H2. The van der Waals surface area contributed by atoms with Gasteiger partial charge in [-0.1, -0.05) is 11.6 Å². The maximum absolute atomic E-state index is 11.9. The molecule has 74 valence electrons. The van der Waals surface area contributed by atoms with Crippen LogP contribution in [0.1, 0.15) is 6.42 Å². The number of hydrogen-bond acceptors (Lipinski definition) is 3. The van der Waals surface area contributed by atoms with Gasteiger partial charge in [-0.25, -0.2) is 8.78 Å². The van der Waals surface area contributed by atoms with Crippen LogP contribution in [0.15, 0.2) is 10.1 Å². The molecule has 2 nitrogen and oxygen atoms in total. The Hall–Kier alpha value is -0.290. The van der Waals surface area contributed by atoms with Crippen LogP contribution in [0.2, 0.25) is 0 Å². The Balaban J connectivity index is 2.71. The quantitative estimate of drug-likeness (QED) is 0.732. The van der Waals surface area contributed by atoms with E-state index >= 15 is 0 Å². The van der Waals surface area contributed by atoms with Crippen molar-refractivity contribution in [2.24, 2.45) is 0 Å². The summed E-state index contributed by atoms with van der Waals surface area (Å²) in [6, 6.07) is 0. The van der Waals surface area contributed by atoms with Gasteiger partial charge in [0.05, 0.1) is 5.03 Å². The molecule has 1 aliphatic heterocycles. The number of carbonyl (C=O) groups excluding carboxylic acids is 1. The van der Waals surface area contributed by atoms with E-state index < -0.39 is 12.2 Å². The summed E-state index contributed by atoms with van der Waals surface area (Å²) in [6.07, 6.45) is -2.08. The van der Waals surface area contributed by atoms with Crippen molar-refractivity contribution in [1.29, 1.82) is 0 Å². The van der Waals surface area contributed by atoms with Crippen LogP contribution in [0, 0.1) is 0 Å². The topological polar surface area (TPSA) is 29.1 Å². The van der Waals surface area contributed by atoms with Crippen LogP contribution in [-0.4, -0.2) is 24.5 Å². The second-order valence-corrected chi connectivity index (χ2v) is 3.92. The number of ketones is 1. The zero-order valence-electron chi connectivity index (χ0n) is 6.65. The van der Waals surface area contributed by atoms with Gasteiger partial charge in [0.25, 0.3) is 0 Å². The van der Waals surface area contributed by atoms with E-state index in [0.29, 0.717) is 11.6 Å². The molecule has 1 rings (SSSR count). The van der Waals surface area contributed by atoms with E-state index in [1.165, 1.54) is 11.8 Å². The summed E-state index contributed by atoms with van der Waals surface area (Å²) in [5.74, 6) is -0.506. The van der Waals surface area contributed by atoms with E-state index in [2.05, 4.69) is 5.32 Å². The normalized spacial score (nSPS) is 21.2. The Kier molecular flexibility index (Phi) is 3.99. The molecule has 0 amide bonds. The summed E-state index contributed by atoms with van der Waals surface area (Å²) >= 11 is 6.77. The highest BCUT2D eigenvalue weighted by Crippen LogP contribution is 2.25. The lowest BCUT2D eigenvalue weighted by Crippen LogP contribution is -2.23. The minimum atomic E-state index is -3.02. The average molecular weight is 228 g/mol. The molecule has 0 bridgehead atoms. The van der Waals surface area contributed by atoms with Crippen molar-refractivity contribution in [1.82, 2.24) is 5.32 Å². The molecule has 1 heterocycles. The van der Waals surface area contributed by atoms with Crippen LogP contribution < -0.4 is 5.32 Å². The fraction of sp³-hybridized carbons (Fsp3) is 0.571. The maximum atomic E-state index is 11.9. The highest BCUT2D eigenvalue weighted by Gasteiger charge is 2.23. The van der Waals surface area contributed by atoms with Gasteiger partial charge in [0.15, 0.2) is 0 Å². The van der Waals surface area contributed by atoms with E-state index in [4.69, 9.17) is 11.6 Å². The molecule has 1 aliphatic rings. The number of thioether (sulfide) groups is 1. The van der Waals surface area contributed by atoms with Crippen LogP contribution in [-0.2, 0) is 4.79 Å². The van der Waals surface area contributed by atoms with Crippen LogP contribution in [0.4, 0.5) is 8.78 Å². The lowest BCUT2D eigenvalue weighted by Gasteiger charge is -2.16. The third-order valence-corrected chi connectivity index (χ3v) is 3.08. The molecule has 0 unspecified atom stereocenters. The van der Waals surface area contributed by atoms with E-state index in [1.54, 1.807) is 0 Å². The summed E-state index contributed by atoms with van der Waals surface area (Å²) in [7, 11) is 0. The fourth-order valence-electron chi connectivity index (χ4n) is 0.848. The van der Waals surface area contributed by atoms with Crippen LogP contribution >= 0.6 is 23.4 Å². The van der Waals surface area contributed by atoms with Gasteiger partial charge in [-0.3, -0.25) is 4.79 Å². The highest BCUT2D eigenvalue weighted by molar-refractivity contribution is 8.03. The maximum Gasteiger partial charge on any atom is 0.301 e. The van der Waals surface area contributed by atoms with Crippen LogP contribution in [0.25, 0.3) is 0 Å². The minimum absolute atomic E-state index is 0.373. The van der Waals surface area contributed by atoms with Gasteiger partial charge in [-0.15, -0.1) is 11.8 Å². The van der Waals surface area contributed by atoms with Crippen LogP contribution in [0.3, 0.4) is 0 Å². The number of halogens is 3. The molecule has 0 aliphatic carbocycles. The van der Waals surface area contributed by atoms with Crippen molar-refractivity contribution in [3.8, 4) is 0 Å². The van der Waals surface area contributed by atoms with Crippen molar-refractivity contribution in [3.63, 3.8) is 0 Å². The number of Topliss-reactive ketones (excluding diaryl/α,β-unsaturated/α-hetero) is 1. The second kappa shape index (κ2) is 4.81. The Labute approximate surface area is 83.7 Å². The van der Waals surface area contributed by atoms with E-state index in [1.807, 2.05) is 0 Å². The third kappa shape index (κ3) is 2.84. The van der Waals surface area contributed by atoms with E-state index in [-0.39, 0.29) is 5.03 Å². The molecular weight excluding hydrogens is 220 g/mol. The molecule has 6 heteroatoms. The Bertz CT molecular complexity index is 237. The molecular formula is C7H8ClF2NOS. The van der Waals surface area contributed by atoms with Gasteiger partial charge < -0.3 is 5.32 Å². The number of allylic oxidation sites excluding steroid dienone is 1. The molecule has 1 fully saturated rings. The van der Waals surface area contributed by atoms with Crippen LogP contribution in [0.5, 0.6) is 0 Å². The van der Waals surface area contributed by atoms with Gasteiger partial charge >= 0.3 is 6.43 Å². The first-order chi connectivity index (χ1) is 6.13. The van der Waals surface area contributed by atoms with Gasteiger partial charge in [0, 0.05) is 12.3 Å². The number of hydrogen-bond donors (Lipinski definition) is 1. The first kappa shape index (κ1) is 10.8. The van der Waals surface area contributed by atoms with Gasteiger partial charge in [0.2, 0.25) is 5.78 Å². The summed E-state index contributed by atoms with van der Waals surface area (Å²) in [4.78, 5) is 10.7. The molecule has 0 atom stereocenters. The predicted molar refractivity (Wildman–Crippen MR) is 49.0 cm³/mol. The molecule has 0 saturated carbocycles. The average Bonchev–Trinajstić information content (AvgIpc) is 2.17. The van der Waals surface area contributed by atoms with Crippen molar-refractivity contribution < 1.29 is 13.6 Å². The van der Waals surface area contributed by atoms with Crippen molar-refractivity contribution in [2.45, 2.75) is 12.8 Å². The molecule has 13 heavy (non-hydrogen) atoms. The lowest BCUT2D eigenvalue weighted by molar-refractivity contribution is -0.124. The summed E-state index contributed by atoms with van der Waals surface area (Å²) in [6.45, 7) is 0.676. The van der Waals surface area contributed by atoms with Gasteiger partial charge in [0.1, 0.15) is 5.03 Å². The Morgan fingerprint density at radius 2 is 2.31 bits per heavy atom. The van der Waals surface area contributed by atoms with Crippen molar-refractivity contribution in [2.75, 3.05) is 12.3 Å². The molecule has 0 aromatic carbocycles. The zero-order chi connectivity index (χ0) is 9.84. The molecule has 1 saturated heterocycles. The molecule has 0 aromatic heterocycles. The first-order valence-corrected chi connectivity index (χ1v) is 5.08. The highest BCUT2D eigenvalue weighted by atomic mass is 35.5. The SMILES string of the molecule is O=C(C(Cl)=C1NCCCS1)C(F)F. The second-order valence-electron chi connectivity index (χ2n) is 2.44. The molecule has 0 spiro atoms. The largest absolute Gasteiger partial charge is 0.379 e. The van der Waals surface area contributed by atoms with Crippen molar-refractivity contribution in [3.05, 3.63) is 10.1 Å². The Morgan fingerprint density at radius 1 is 1.62 bits per heavy atom. The molecule has 0 radical (unpaired) electrons. The molecule has 0 aromatic rings. The fourth-order valence-corrected chi connectivity index (χ4v) is 2.09. The number of alkyl halides is 2.